The summed E-state index contributed by atoms with van der Waals surface area (Å²) in [6.07, 6.45) is 5.24. The number of esters is 1. The molecule has 0 aromatic heterocycles. The first-order chi connectivity index (χ1) is 14.7. The van der Waals surface area contributed by atoms with E-state index in [9.17, 15) is 9.59 Å². The second kappa shape index (κ2) is 8.29. The van der Waals surface area contributed by atoms with Crippen molar-refractivity contribution in [1.82, 2.24) is 9.80 Å². The smallest absolute Gasteiger partial charge is 0.338 e. The van der Waals surface area contributed by atoms with Gasteiger partial charge in [-0.1, -0.05) is 0 Å². The first-order valence-corrected chi connectivity index (χ1v) is 10.9. The molecule has 0 spiro atoms. The molecule has 0 bridgehead atoms. The quantitative estimate of drug-likeness (QED) is 0.691. The number of ether oxygens (including phenoxy) is 2. The molecule has 7 heteroatoms. The van der Waals surface area contributed by atoms with Gasteiger partial charge in [0.1, 0.15) is 5.60 Å². The summed E-state index contributed by atoms with van der Waals surface area (Å²) in [6.45, 7) is 8.14. The van der Waals surface area contributed by atoms with Gasteiger partial charge in [0.25, 0.3) is 5.91 Å². The predicted octanol–water partition coefficient (Wildman–Crippen LogP) is 3.49. The van der Waals surface area contributed by atoms with Crippen LogP contribution in [0.3, 0.4) is 0 Å². The number of allylic oxidation sites excluding steroid dienone is 1. The molecule has 1 amide bonds. The van der Waals surface area contributed by atoms with Crippen molar-refractivity contribution < 1.29 is 19.1 Å². The highest BCUT2D eigenvalue weighted by atomic mass is 16.6. The summed E-state index contributed by atoms with van der Waals surface area (Å²) in [7, 11) is 1.97. The Kier molecular flexibility index (Phi) is 5.69. The second-order valence-electron chi connectivity index (χ2n) is 9.32. The number of amides is 1. The maximum Gasteiger partial charge on any atom is 0.338 e. The van der Waals surface area contributed by atoms with Crippen LogP contribution < -0.4 is 4.90 Å². The van der Waals surface area contributed by atoms with Crippen molar-refractivity contribution in [2.24, 2.45) is 0 Å². The van der Waals surface area contributed by atoms with Crippen molar-refractivity contribution in [3.8, 4) is 0 Å². The van der Waals surface area contributed by atoms with Gasteiger partial charge in [-0.05, 0) is 70.4 Å². The van der Waals surface area contributed by atoms with Gasteiger partial charge >= 0.3 is 5.97 Å². The predicted molar refractivity (Wildman–Crippen MR) is 118 cm³/mol. The average molecular weight is 426 g/mol. The molecule has 1 aromatic rings. The molecule has 0 saturated carbocycles. The Hall–Kier alpha value is -2.96. The van der Waals surface area contributed by atoms with E-state index < -0.39 is 5.60 Å². The number of benzene rings is 1. The number of piperidine rings is 1. The fourth-order valence-corrected chi connectivity index (χ4v) is 4.17. The van der Waals surface area contributed by atoms with Gasteiger partial charge in [-0.3, -0.25) is 9.69 Å². The number of hydrogen-bond donors (Lipinski definition) is 0. The number of carbonyl (C=O) groups excluding carboxylic acids is 2. The van der Waals surface area contributed by atoms with Crippen LogP contribution in [0.4, 0.5) is 5.69 Å². The van der Waals surface area contributed by atoms with Crippen LogP contribution in [0.15, 0.2) is 47.5 Å². The molecule has 3 aliphatic rings. The largest absolute Gasteiger partial charge is 0.469 e. The molecule has 7 nitrogen and oxygen atoms in total. The third-order valence-electron chi connectivity index (χ3n) is 5.63. The Balaban J connectivity index is 1.51. The third kappa shape index (κ3) is 4.55. The van der Waals surface area contributed by atoms with Crippen LogP contribution in [0.25, 0.3) is 0 Å². The minimum Gasteiger partial charge on any atom is -0.469 e. The van der Waals surface area contributed by atoms with E-state index in [-0.39, 0.29) is 11.9 Å². The Morgan fingerprint density at radius 3 is 2.35 bits per heavy atom. The summed E-state index contributed by atoms with van der Waals surface area (Å²) in [6, 6.07) is 7.33. The Labute approximate surface area is 183 Å². The van der Waals surface area contributed by atoms with Gasteiger partial charge < -0.3 is 19.3 Å². The van der Waals surface area contributed by atoms with Crippen molar-refractivity contribution in [1.29, 1.82) is 0 Å². The number of anilines is 1. The van der Waals surface area contributed by atoms with Crippen molar-refractivity contribution >= 4 is 17.6 Å². The Morgan fingerprint density at radius 1 is 1.03 bits per heavy atom. The highest BCUT2D eigenvalue weighted by Crippen LogP contribution is 2.34. The number of rotatable bonds is 3. The lowest BCUT2D eigenvalue weighted by atomic mass is 10.1. The molecule has 3 aliphatic heterocycles. The lowest BCUT2D eigenvalue weighted by Gasteiger charge is -2.33. The molecule has 166 valence electrons. The van der Waals surface area contributed by atoms with Gasteiger partial charge in [0, 0.05) is 37.9 Å². The molecular weight excluding hydrogens is 394 g/mol. The van der Waals surface area contributed by atoms with Crippen LogP contribution in [0.2, 0.25) is 0 Å². The lowest BCUT2D eigenvalue weighted by Crippen LogP contribution is -2.41. The number of carbonyl (C=O) groups is 2. The second-order valence-corrected chi connectivity index (χ2v) is 9.32. The zero-order valence-corrected chi connectivity index (χ0v) is 18.8. The summed E-state index contributed by atoms with van der Waals surface area (Å²) >= 11 is 0. The van der Waals surface area contributed by atoms with Gasteiger partial charge in [0.2, 0.25) is 0 Å². The minimum absolute atomic E-state index is 0.113. The van der Waals surface area contributed by atoms with Gasteiger partial charge in [0.15, 0.2) is 18.3 Å². The number of nitrogens with zero attached hydrogens (tertiary/aromatic N) is 3. The maximum atomic E-state index is 12.9. The van der Waals surface area contributed by atoms with E-state index >= 15 is 0 Å². The number of likely N-dealkylation sites (tertiary alicyclic amines) is 1. The van der Waals surface area contributed by atoms with Crippen LogP contribution in [0.1, 0.15) is 50.4 Å². The van der Waals surface area contributed by atoms with E-state index in [0.717, 1.165) is 43.0 Å². The molecule has 0 N–H and O–H groups in total. The summed E-state index contributed by atoms with van der Waals surface area (Å²) < 4.78 is 11.4. The molecule has 4 rings (SSSR count). The first-order valence-electron chi connectivity index (χ1n) is 10.9. The fraction of sp³-hybridized carbons (Fsp3) is 0.500. The van der Waals surface area contributed by atoms with E-state index in [4.69, 9.17) is 9.47 Å². The van der Waals surface area contributed by atoms with Crippen LogP contribution in [0, 0.1) is 0 Å². The SMILES string of the molecule is CN1CC(C(=O)N2CCCCC2)=CC2=C1N(c1ccc(C(=O)OC(C)(C)C)cc1)CO2. The third-order valence-corrected chi connectivity index (χ3v) is 5.63. The molecule has 1 fully saturated rings. The highest BCUT2D eigenvalue weighted by Gasteiger charge is 2.34. The van der Waals surface area contributed by atoms with E-state index in [0.29, 0.717) is 24.6 Å². The van der Waals surface area contributed by atoms with Crippen molar-refractivity contribution in [3.63, 3.8) is 0 Å². The normalized spacial score (nSPS) is 19.1. The minimum atomic E-state index is -0.529. The van der Waals surface area contributed by atoms with Crippen LogP contribution in [-0.4, -0.2) is 60.7 Å². The van der Waals surface area contributed by atoms with Gasteiger partial charge in [-0.2, -0.15) is 0 Å². The standard InChI is InChI=1S/C24H31N3O4/c1-24(2,3)31-23(29)17-8-10-19(11-9-17)27-16-30-20-14-18(15-25(4)21(20)27)22(28)26-12-6-5-7-13-26/h8-11,14H,5-7,12-13,15-16H2,1-4H3. The fourth-order valence-electron chi connectivity index (χ4n) is 4.17. The van der Waals surface area contributed by atoms with Crippen molar-refractivity contribution in [2.45, 2.75) is 45.6 Å². The zero-order valence-electron chi connectivity index (χ0n) is 18.8. The molecule has 0 aliphatic carbocycles. The molecule has 1 aromatic carbocycles. The summed E-state index contributed by atoms with van der Waals surface area (Å²) in [5.41, 5.74) is 1.67. The van der Waals surface area contributed by atoms with Gasteiger partial charge in [0.05, 0.1) is 5.56 Å². The summed E-state index contributed by atoms with van der Waals surface area (Å²) in [5.74, 6) is 1.42. The van der Waals surface area contributed by atoms with E-state index in [1.807, 2.05) is 55.8 Å². The maximum absolute atomic E-state index is 12.9. The van der Waals surface area contributed by atoms with Crippen LogP contribution in [-0.2, 0) is 14.3 Å². The van der Waals surface area contributed by atoms with Crippen molar-refractivity contribution in [3.05, 3.63) is 53.1 Å². The molecule has 0 radical (unpaired) electrons. The monoisotopic (exact) mass is 425 g/mol. The van der Waals surface area contributed by atoms with Gasteiger partial charge in [-0.25, -0.2) is 4.79 Å². The molecule has 31 heavy (non-hydrogen) atoms. The van der Waals surface area contributed by atoms with E-state index in [1.165, 1.54) is 6.42 Å². The number of likely N-dealkylation sites (N-methyl/N-ethyl adjacent to an activating group) is 1. The lowest BCUT2D eigenvalue weighted by molar-refractivity contribution is -0.128. The molecular formula is C24H31N3O4. The van der Waals surface area contributed by atoms with Crippen molar-refractivity contribution in [2.75, 3.05) is 38.3 Å². The van der Waals surface area contributed by atoms with E-state index in [2.05, 4.69) is 4.90 Å². The Morgan fingerprint density at radius 2 is 1.71 bits per heavy atom. The topological polar surface area (TPSA) is 62.3 Å². The first kappa shape index (κ1) is 21.3. The molecule has 3 heterocycles. The summed E-state index contributed by atoms with van der Waals surface area (Å²) in [4.78, 5) is 31.3. The van der Waals surface area contributed by atoms with E-state index in [1.54, 1.807) is 12.1 Å². The van der Waals surface area contributed by atoms with Gasteiger partial charge in [-0.15, -0.1) is 0 Å². The average Bonchev–Trinajstić information content (AvgIpc) is 3.17. The van der Waals surface area contributed by atoms with Crippen LogP contribution >= 0.6 is 0 Å². The molecule has 0 unspecified atom stereocenters. The molecule has 1 saturated heterocycles. The highest BCUT2D eigenvalue weighted by molar-refractivity contribution is 5.95. The Bertz CT molecular complexity index is 921. The molecule has 0 atom stereocenters. The summed E-state index contributed by atoms with van der Waals surface area (Å²) in [5, 5.41) is 0. The van der Waals surface area contributed by atoms with Crippen LogP contribution in [0.5, 0.6) is 0 Å². The zero-order chi connectivity index (χ0) is 22.2. The number of hydrogen-bond acceptors (Lipinski definition) is 6.